The summed E-state index contributed by atoms with van der Waals surface area (Å²) in [5, 5.41) is 16.9. The molecule has 20 heavy (non-hydrogen) atoms. The van der Waals surface area contributed by atoms with Crippen LogP contribution < -0.4 is 0 Å². The number of aliphatic hydroxyl groups is 1. The van der Waals surface area contributed by atoms with Gasteiger partial charge in [-0.05, 0) is 23.6 Å². The smallest absolute Gasteiger partial charge is 0.213 e. The first-order chi connectivity index (χ1) is 9.86. The summed E-state index contributed by atoms with van der Waals surface area (Å²) in [6.07, 6.45) is 1.61. The van der Waals surface area contributed by atoms with E-state index in [1.54, 1.807) is 22.1 Å². The highest BCUT2D eigenvalue weighted by Gasteiger charge is 2.19. The molecule has 0 atom stereocenters. The van der Waals surface area contributed by atoms with E-state index in [1.807, 2.05) is 29.6 Å². The molecule has 0 radical (unpaired) electrons. The quantitative estimate of drug-likeness (QED) is 0.631. The van der Waals surface area contributed by atoms with Crippen molar-refractivity contribution in [2.24, 2.45) is 0 Å². The summed E-state index contributed by atoms with van der Waals surface area (Å²) in [4.78, 5) is 6.37. The van der Waals surface area contributed by atoms with Crippen LogP contribution in [-0.4, -0.2) is 19.7 Å². The largest absolute Gasteiger partial charge is 0.462 e. The van der Waals surface area contributed by atoms with Crippen LogP contribution in [0.15, 0.2) is 40.3 Å². The minimum absolute atomic E-state index is 0.101. The topological polar surface area (TPSA) is 63.6 Å². The summed E-state index contributed by atoms with van der Waals surface area (Å²) in [7, 11) is 0. The van der Waals surface area contributed by atoms with Crippen LogP contribution in [0.1, 0.15) is 5.69 Å². The third-order valence-electron chi connectivity index (χ3n) is 2.93. The number of fused-ring (bicyclic) bond motifs is 1. The minimum Gasteiger partial charge on any atom is -0.462 e. The zero-order valence-electron chi connectivity index (χ0n) is 10.2. The molecule has 0 bridgehead atoms. The number of rotatable bonds is 3. The maximum atomic E-state index is 9.63. The average molecular weight is 303 g/mol. The summed E-state index contributed by atoms with van der Waals surface area (Å²) >= 11 is 3.04. The molecule has 7 heteroatoms. The van der Waals surface area contributed by atoms with Crippen molar-refractivity contribution >= 4 is 27.6 Å². The Balaban J connectivity index is 1.91. The predicted octanol–water partition coefficient (Wildman–Crippen LogP) is 3.27. The van der Waals surface area contributed by atoms with Crippen molar-refractivity contribution in [3.63, 3.8) is 0 Å². The molecule has 1 N–H and O–H groups in total. The maximum absolute atomic E-state index is 9.63. The van der Waals surface area contributed by atoms with Gasteiger partial charge in [-0.1, -0.05) is 17.4 Å². The van der Waals surface area contributed by atoms with Gasteiger partial charge in [0.2, 0.25) is 4.96 Å². The monoisotopic (exact) mass is 303 g/mol. The first kappa shape index (κ1) is 11.8. The van der Waals surface area contributed by atoms with Crippen LogP contribution in [-0.2, 0) is 6.61 Å². The Morgan fingerprint density at radius 1 is 1.30 bits per heavy atom. The molecule has 4 heterocycles. The van der Waals surface area contributed by atoms with Crippen LogP contribution in [0.2, 0.25) is 0 Å². The van der Waals surface area contributed by atoms with E-state index in [0.29, 0.717) is 11.5 Å². The van der Waals surface area contributed by atoms with E-state index < -0.39 is 0 Å². The number of hydrogen-bond donors (Lipinski definition) is 1. The highest BCUT2D eigenvalue weighted by atomic mass is 32.1. The molecule has 100 valence electrons. The Labute approximate surface area is 121 Å². The van der Waals surface area contributed by atoms with Gasteiger partial charge in [0, 0.05) is 0 Å². The van der Waals surface area contributed by atoms with Crippen molar-refractivity contribution < 1.29 is 9.52 Å². The number of aromatic nitrogens is 3. The molecule has 4 rings (SSSR count). The van der Waals surface area contributed by atoms with E-state index in [-0.39, 0.29) is 6.61 Å². The molecule has 0 amide bonds. The van der Waals surface area contributed by atoms with Gasteiger partial charge < -0.3 is 9.52 Å². The molecule has 0 spiro atoms. The number of hydrogen-bond acceptors (Lipinski definition) is 6. The molecular formula is C13H9N3O2S2. The van der Waals surface area contributed by atoms with Gasteiger partial charge in [-0.25, -0.2) is 9.50 Å². The van der Waals surface area contributed by atoms with Crippen molar-refractivity contribution in [1.29, 1.82) is 0 Å². The summed E-state index contributed by atoms with van der Waals surface area (Å²) in [5.74, 6) is 0.710. The number of nitrogens with zero attached hydrogens (tertiary/aromatic N) is 3. The molecule has 5 nitrogen and oxygen atoms in total. The van der Waals surface area contributed by atoms with Gasteiger partial charge in [0.1, 0.15) is 5.69 Å². The molecule has 0 aliphatic carbocycles. The van der Waals surface area contributed by atoms with Crippen LogP contribution in [0.25, 0.3) is 26.3 Å². The standard InChI is InChI=1S/C13H9N3O2S2/c17-7-8-11(10-4-2-6-19-10)14-13-16(8)15-12(20-13)9-3-1-5-18-9/h1-6,17H,7H2. The highest BCUT2D eigenvalue weighted by molar-refractivity contribution is 7.19. The molecule has 0 aliphatic heterocycles. The van der Waals surface area contributed by atoms with Gasteiger partial charge >= 0.3 is 0 Å². The third kappa shape index (κ3) is 1.71. The van der Waals surface area contributed by atoms with Crippen LogP contribution in [0, 0.1) is 0 Å². The van der Waals surface area contributed by atoms with Crippen LogP contribution in [0.4, 0.5) is 0 Å². The Morgan fingerprint density at radius 3 is 2.95 bits per heavy atom. The molecule has 0 saturated carbocycles. The summed E-state index contributed by atoms with van der Waals surface area (Å²) in [6.45, 7) is -0.101. The summed E-state index contributed by atoms with van der Waals surface area (Å²) in [6, 6.07) is 7.64. The number of imidazole rings is 1. The minimum atomic E-state index is -0.101. The van der Waals surface area contributed by atoms with E-state index in [2.05, 4.69) is 10.1 Å². The lowest BCUT2D eigenvalue weighted by molar-refractivity contribution is 0.275. The highest BCUT2D eigenvalue weighted by Crippen LogP contribution is 2.32. The lowest BCUT2D eigenvalue weighted by Crippen LogP contribution is -1.94. The summed E-state index contributed by atoms with van der Waals surface area (Å²) < 4.78 is 7.03. The fraction of sp³-hybridized carbons (Fsp3) is 0.0769. The molecule has 0 aliphatic rings. The van der Waals surface area contributed by atoms with E-state index >= 15 is 0 Å². The van der Waals surface area contributed by atoms with E-state index in [4.69, 9.17) is 4.42 Å². The number of aliphatic hydroxyl groups excluding tert-OH is 1. The second kappa shape index (κ2) is 4.55. The van der Waals surface area contributed by atoms with Crippen molar-refractivity contribution in [1.82, 2.24) is 14.6 Å². The van der Waals surface area contributed by atoms with Crippen LogP contribution in [0.5, 0.6) is 0 Å². The maximum Gasteiger partial charge on any atom is 0.213 e. The Bertz CT molecular complexity index is 844. The molecular weight excluding hydrogens is 294 g/mol. The fourth-order valence-electron chi connectivity index (χ4n) is 2.04. The second-order valence-electron chi connectivity index (χ2n) is 4.12. The molecule has 0 unspecified atom stereocenters. The zero-order valence-corrected chi connectivity index (χ0v) is 11.8. The van der Waals surface area contributed by atoms with E-state index in [1.165, 1.54) is 11.3 Å². The average Bonchev–Trinajstić information content (AvgIpc) is 3.21. The van der Waals surface area contributed by atoms with Crippen molar-refractivity contribution in [3.8, 4) is 21.3 Å². The number of thiophene rings is 1. The molecule has 0 saturated heterocycles. The predicted molar refractivity (Wildman–Crippen MR) is 77.8 cm³/mol. The first-order valence-electron chi connectivity index (χ1n) is 5.94. The van der Waals surface area contributed by atoms with Gasteiger partial charge in [0.15, 0.2) is 10.8 Å². The van der Waals surface area contributed by atoms with Crippen molar-refractivity contribution in [3.05, 3.63) is 41.6 Å². The Hall–Kier alpha value is -1.96. The Kier molecular flexibility index (Phi) is 2.69. The van der Waals surface area contributed by atoms with Gasteiger partial charge in [0.25, 0.3) is 0 Å². The lowest BCUT2D eigenvalue weighted by Gasteiger charge is -1.96. The lowest BCUT2D eigenvalue weighted by atomic mass is 10.3. The summed E-state index contributed by atoms with van der Waals surface area (Å²) in [5.41, 5.74) is 1.50. The zero-order chi connectivity index (χ0) is 13.5. The van der Waals surface area contributed by atoms with Gasteiger partial charge in [0.05, 0.1) is 23.4 Å². The van der Waals surface area contributed by atoms with Crippen LogP contribution >= 0.6 is 22.7 Å². The third-order valence-corrected chi connectivity index (χ3v) is 4.73. The molecule has 4 aromatic rings. The second-order valence-corrected chi connectivity index (χ2v) is 6.03. The van der Waals surface area contributed by atoms with Gasteiger partial charge in [-0.2, -0.15) is 5.10 Å². The van der Waals surface area contributed by atoms with Gasteiger partial charge in [-0.3, -0.25) is 0 Å². The van der Waals surface area contributed by atoms with E-state index in [0.717, 1.165) is 20.5 Å². The first-order valence-corrected chi connectivity index (χ1v) is 7.63. The Morgan fingerprint density at radius 2 is 2.25 bits per heavy atom. The molecule has 4 aromatic heterocycles. The number of furan rings is 1. The molecule has 0 aromatic carbocycles. The normalized spacial score (nSPS) is 11.4. The van der Waals surface area contributed by atoms with Crippen molar-refractivity contribution in [2.45, 2.75) is 6.61 Å². The van der Waals surface area contributed by atoms with Crippen LogP contribution in [0.3, 0.4) is 0 Å². The van der Waals surface area contributed by atoms with Gasteiger partial charge in [-0.15, -0.1) is 11.3 Å². The fourth-order valence-corrected chi connectivity index (χ4v) is 3.67. The van der Waals surface area contributed by atoms with Crippen molar-refractivity contribution in [2.75, 3.05) is 0 Å². The molecule has 0 fully saturated rings. The SMILES string of the molecule is OCc1c(-c2cccs2)nc2sc(-c3ccco3)nn12. The van der Waals surface area contributed by atoms with E-state index in [9.17, 15) is 5.11 Å².